The number of Topliss-reactive ketones (excluding diaryl/α,β-unsaturated/α-hetero) is 1. The van der Waals surface area contributed by atoms with E-state index in [1.807, 2.05) is 39.1 Å². The number of fused-ring (bicyclic) bond motifs is 1. The molecule has 0 atom stereocenters. The Morgan fingerprint density at radius 2 is 2.10 bits per heavy atom. The summed E-state index contributed by atoms with van der Waals surface area (Å²) >= 11 is 6.45. The van der Waals surface area contributed by atoms with Crippen molar-refractivity contribution in [1.29, 1.82) is 0 Å². The number of rotatable bonds is 9. The Morgan fingerprint density at radius 3 is 2.72 bits per heavy atom. The van der Waals surface area contributed by atoms with Crippen LogP contribution >= 0.6 is 11.6 Å². The SMILES string of the molecule is C=C(/C(Cl)=C\C(C)=C/C)c1nc2cc(CNC)ccn2c1C(=O)CCC(=O)OC. The Morgan fingerprint density at radius 1 is 1.38 bits per heavy atom. The third kappa shape index (κ3) is 5.43. The molecule has 0 aliphatic rings. The maximum atomic E-state index is 13.0. The second kappa shape index (κ2) is 10.2. The standard InChI is InChI=1S/C22H26ClN3O3/c1-6-14(2)11-17(23)15(3)21-22(18(27)7-8-20(28)29-5)26-10-9-16(13-24-4)12-19(26)25-21/h6,9-12,24H,3,7-8,13H2,1-2,4-5H3/b14-6-,17-11+. The van der Waals surface area contributed by atoms with Crippen molar-refractivity contribution in [2.75, 3.05) is 14.2 Å². The summed E-state index contributed by atoms with van der Waals surface area (Å²) in [6, 6.07) is 3.81. The highest BCUT2D eigenvalue weighted by Crippen LogP contribution is 2.29. The Bertz CT molecular complexity index is 1000. The molecule has 0 saturated heterocycles. The van der Waals surface area contributed by atoms with Crippen LogP contribution in [0, 0.1) is 0 Å². The number of allylic oxidation sites excluding steroid dienone is 5. The molecule has 0 bridgehead atoms. The summed E-state index contributed by atoms with van der Waals surface area (Å²) in [7, 11) is 3.16. The predicted molar refractivity (Wildman–Crippen MR) is 116 cm³/mol. The number of hydrogen-bond donors (Lipinski definition) is 1. The van der Waals surface area contributed by atoms with Crippen molar-refractivity contribution in [3.63, 3.8) is 0 Å². The summed E-state index contributed by atoms with van der Waals surface area (Å²) in [5.41, 5.74) is 3.83. The number of ether oxygens (including phenoxy) is 1. The number of imidazole rings is 1. The molecular weight excluding hydrogens is 390 g/mol. The third-order valence-corrected chi connectivity index (χ3v) is 4.84. The Labute approximate surface area is 175 Å². The van der Waals surface area contributed by atoms with Gasteiger partial charge in [0.1, 0.15) is 17.0 Å². The van der Waals surface area contributed by atoms with Crippen LogP contribution in [0.3, 0.4) is 0 Å². The van der Waals surface area contributed by atoms with E-state index in [1.165, 1.54) is 7.11 Å². The van der Waals surface area contributed by atoms with Gasteiger partial charge >= 0.3 is 5.97 Å². The number of aromatic nitrogens is 2. The molecule has 1 N–H and O–H groups in total. The fraction of sp³-hybridized carbons (Fsp3) is 0.318. The molecule has 7 heteroatoms. The number of nitrogens with zero attached hydrogens (tertiary/aromatic N) is 2. The van der Waals surface area contributed by atoms with Gasteiger partial charge in [-0.1, -0.05) is 29.8 Å². The molecule has 0 unspecified atom stereocenters. The molecule has 0 aliphatic carbocycles. The Kier molecular flexibility index (Phi) is 7.93. The summed E-state index contributed by atoms with van der Waals surface area (Å²) < 4.78 is 6.36. The number of carbonyl (C=O) groups excluding carboxylic acids is 2. The minimum Gasteiger partial charge on any atom is -0.469 e. The first-order chi connectivity index (χ1) is 13.8. The minimum absolute atomic E-state index is 0.00638. The van der Waals surface area contributed by atoms with Gasteiger partial charge in [-0.05, 0) is 44.7 Å². The zero-order valence-electron chi connectivity index (χ0n) is 17.2. The maximum Gasteiger partial charge on any atom is 0.305 e. The van der Waals surface area contributed by atoms with E-state index in [0.29, 0.717) is 34.2 Å². The van der Waals surface area contributed by atoms with Crippen LogP contribution in [0.15, 0.2) is 47.7 Å². The zero-order chi connectivity index (χ0) is 21.6. The molecule has 2 aromatic heterocycles. The van der Waals surface area contributed by atoms with E-state index < -0.39 is 5.97 Å². The first-order valence-corrected chi connectivity index (χ1v) is 9.65. The van der Waals surface area contributed by atoms with Crippen molar-refractivity contribution in [2.24, 2.45) is 0 Å². The number of methoxy groups -OCH3 is 1. The molecule has 0 saturated carbocycles. The lowest BCUT2D eigenvalue weighted by Crippen LogP contribution is -2.10. The van der Waals surface area contributed by atoms with Crippen LogP contribution in [0.2, 0.25) is 0 Å². The molecule has 2 heterocycles. The van der Waals surface area contributed by atoms with Crippen LogP contribution in [-0.2, 0) is 16.1 Å². The average molecular weight is 416 g/mol. The van der Waals surface area contributed by atoms with Crippen LogP contribution in [0.5, 0.6) is 0 Å². The smallest absolute Gasteiger partial charge is 0.305 e. The predicted octanol–water partition coefficient (Wildman–Crippen LogP) is 4.29. The molecule has 0 radical (unpaired) electrons. The number of halogens is 1. The van der Waals surface area contributed by atoms with Gasteiger partial charge in [-0.15, -0.1) is 0 Å². The van der Waals surface area contributed by atoms with Gasteiger partial charge in [0.2, 0.25) is 0 Å². The monoisotopic (exact) mass is 415 g/mol. The topological polar surface area (TPSA) is 72.7 Å². The van der Waals surface area contributed by atoms with Crippen molar-refractivity contribution in [3.8, 4) is 0 Å². The van der Waals surface area contributed by atoms with Gasteiger partial charge in [0, 0.05) is 29.8 Å². The van der Waals surface area contributed by atoms with Crippen molar-refractivity contribution in [1.82, 2.24) is 14.7 Å². The summed E-state index contributed by atoms with van der Waals surface area (Å²) in [6.45, 7) is 8.57. The normalized spacial score (nSPS) is 12.3. The number of ketones is 1. The molecule has 29 heavy (non-hydrogen) atoms. The van der Waals surface area contributed by atoms with Gasteiger partial charge in [-0.2, -0.15) is 0 Å². The van der Waals surface area contributed by atoms with Gasteiger partial charge in [0.15, 0.2) is 5.78 Å². The first kappa shape index (κ1) is 22.6. The van der Waals surface area contributed by atoms with E-state index in [2.05, 4.69) is 21.6 Å². The van der Waals surface area contributed by atoms with Crippen molar-refractivity contribution < 1.29 is 14.3 Å². The lowest BCUT2D eigenvalue weighted by molar-refractivity contribution is -0.140. The van der Waals surface area contributed by atoms with Gasteiger partial charge in [-0.3, -0.25) is 14.0 Å². The zero-order valence-corrected chi connectivity index (χ0v) is 18.0. The first-order valence-electron chi connectivity index (χ1n) is 9.27. The van der Waals surface area contributed by atoms with Crippen molar-refractivity contribution >= 4 is 34.6 Å². The molecule has 0 aromatic carbocycles. The van der Waals surface area contributed by atoms with Crippen LogP contribution in [0.4, 0.5) is 0 Å². The third-order valence-electron chi connectivity index (χ3n) is 4.50. The van der Waals surface area contributed by atoms with Gasteiger partial charge in [-0.25, -0.2) is 4.98 Å². The van der Waals surface area contributed by atoms with Gasteiger partial charge in [0.05, 0.1) is 13.5 Å². The van der Waals surface area contributed by atoms with Crippen molar-refractivity contribution in [2.45, 2.75) is 33.2 Å². The van der Waals surface area contributed by atoms with Crippen molar-refractivity contribution in [3.05, 3.63) is 64.6 Å². The lowest BCUT2D eigenvalue weighted by Gasteiger charge is -2.07. The highest BCUT2D eigenvalue weighted by Gasteiger charge is 2.23. The van der Waals surface area contributed by atoms with E-state index in [4.69, 9.17) is 11.6 Å². The van der Waals surface area contributed by atoms with E-state index in [1.54, 1.807) is 16.7 Å². The Hall–Kier alpha value is -2.70. The number of carbonyl (C=O) groups is 2. The molecule has 0 fully saturated rings. The number of pyridine rings is 1. The van der Waals surface area contributed by atoms with E-state index in [-0.39, 0.29) is 18.6 Å². The highest BCUT2D eigenvalue weighted by molar-refractivity contribution is 6.37. The van der Waals surface area contributed by atoms with E-state index in [0.717, 1.165) is 11.1 Å². The van der Waals surface area contributed by atoms with E-state index in [9.17, 15) is 9.59 Å². The summed E-state index contributed by atoms with van der Waals surface area (Å²) in [4.78, 5) is 29.1. The number of esters is 1. The average Bonchev–Trinajstić information content (AvgIpc) is 3.09. The Balaban J connectivity index is 2.56. The van der Waals surface area contributed by atoms with Gasteiger partial charge in [0.25, 0.3) is 0 Å². The van der Waals surface area contributed by atoms with Crippen LogP contribution in [-0.4, -0.2) is 35.3 Å². The summed E-state index contributed by atoms with van der Waals surface area (Å²) in [6.07, 6.45) is 5.50. The van der Waals surface area contributed by atoms with E-state index >= 15 is 0 Å². The summed E-state index contributed by atoms with van der Waals surface area (Å²) in [5.74, 6) is -0.668. The molecule has 2 rings (SSSR count). The largest absolute Gasteiger partial charge is 0.469 e. The van der Waals surface area contributed by atoms with Crippen LogP contribution in [0.25, 0.3) is 11.2 Å². The molecule has 2 aromatic rings. The number of hydrogen-bond acceptors (Lipinski definition) is 5. The van der Waals surface area contributed by atoms with Crippen LogP contribution < -0.4 is 5.32 Å². The fourth-order valence-corrected chi connectivity index (χ4v) is 3.06. The summed E-state index contributed by atoms with van der Waals surface area (Å²) in [5, 5.41) is 3.50. The second-order valence-electron chi connectivity index (χ2n) is 6.61. The van der Waals surface area contributed by atoms with Crippen LogP contribution in [0.1, 0.15) is 48.4 Å². The maximum absolute atomic E-state index is 13.0. The molecule has 0 spiro atoms. The molecule has 0 aliphatic heterocycles. The van der Waals surface area contributed by atoms with Gasteiger partial charge < -0.3 is 10.1 Å². The molecular formula is C22H26ClN3O3. The molecule has 6 nitrogen and oxygen atoms in total. The highest BCUT2D eigenvalue weighted by atomic mass is 35.5. The number of nitrogens with one attached hydrogen (secondary N) is 1. The molecule has 154 valence electrons. The quantitative estimate of drug-likeness (QED) is 0.375. The minimum atomic E-state index is -0.439. The fourth-order valence-electron chi connectivity index (χ4n) is 2.80. The lowest BCUT2D eigenvalue weighted by atomic mass is 10.1. The molecule has 0 amide bonds. The second-order valence-corrected chi connectivity index (χ2v) is 7.01.